The molecule has 2 rings (SSSR count). The van der Waals surface area contributed by atoms with Gasteiger partial charge in [-0.2, -0.15) is 0 Å². The number of nitro groups is 1. The molecule has 2 aromatic carbocycles. The van der Waals surface area contributed by atoms with E-state index >= 15 is 0 Å². The third kappa shape index (κ3) is 5.49. The van der Waals surface area contributed by atoms with Crippen LogP contribution < -0.4 is 10.2 Å². The number of nitrogens with zero attached hydrogens (tertiary/aromatic N) is 2. The minimum absolute atomic E-state index is 0.0534. The van der Waals surface area contributed by atoms with Crippen molar-refractivity contribution in [1.82, 2.24) is 0 Å². The van der Waals surface area contributed by atoms with Crippen molar-refractivity contribution in [1.29, 1.82) is 0 Å². The number of rotatable bonds is 5. The molecule has 0 bridgehead atoms. The molecule has 2 amide bonds. The molecule has 0 atom stereocenters. The van der Waals surface area contributed by atoms with Gasteiger partial charge in [0.15, 0.2) is 0 Å². The number of nitro benzene ring substituents is 1. The zero-order chi connectivity index (χ0) is 20.1. The Bertz CT molecular complexity index is 887. The van der Waals surface area contributed by atoms with Crippen molar-refractivity contribution in [3.63, 3.8) is 0 Å². The Hall–Kier alpha value is -2.00. The molecular formula is C16H12Cl3N3O4S. The molecule has 0 heterocycles. The molecule has 142 valence electrons. The molecule has 2 aromatic rings. The number of carbonyl (C=O) groups is 2. The van der Waals surface area contributed by atoms with E-state index in [9.17, 15) is 19.7 Å². The van der Waals surface area contributed by atoms with Gasteiger partial charge < -0.3 is 10.2 Å². The van der Waals surface area contributed by atoms with Crippen LogP contribution in [0.25, 0.3) is 0 Å². The Morgan fingerprint density at radius 1 is 1.19 bits per heavy atom. The molecule has 0 radical (unpaired) electrons. The first kappa shape index (κ1) is 21.3. The number of halogens is 3. The van der Waals surface area contributed by atoms with Gasteiger partial charge in [0.2, 0.25) is 5.91 Å². The van der Waals surface area contributed by atoms with Crippen LogP contribution in [0.4, 0.5) is 21.9 Å². The molecule has 11 heteroatoms. The minimum Gasteiger partial charge on any atom is -0.320 e. The van der Waals surface area contributed by atoms with Crippen LogP contribution in [0, 0.1) is 10.1 Å². The quantitative estimate of drug-likeness (QED) is 0.483. The van der Waals surface area contributed by atoms with Crippen molar-refractivity contribution in [2.24, 2.45) is 0 Å². The second kappa shape index (κ2) is 9.27. The lowest BCUT2D eigenvalue weighted by atomic mass is 10.2. The lowest BCUT2D eigenvalue weighted by Crippen LogP contribution is -2.25. The normalized spacial score (nSPS) is 10.4. The average molecular weight is 449 g/mol. The topological polar surface area (TPSA) is 92.6 Å². The Morgan fingerprint density at radius 3 is 2.37 bits per heavy atom. The number of para-hydroxylation sites is 2. The third-order valence-electron chi connectivity index (χ3n) is 3.29. The predicted molar refractivity (Wildman–Crippen MR) is 109 cm³/mol. The van der Waals surface area contributed by atoms with Gasteiger partial charge in [-0.05, 0) is 18.2 Å². The number of thioether (sulfide) groups is 1. The summed E-state index contributed by atoms with van der Waals surface area (Å²) >= 11 is 18.7. The van der Waals surface area contributed by atoms with Crippen molar-refractivity contribution in [3.05, 3.63) is 61.6 Å². The maximum Gasteiger partial charge on any atom is 0.292 e. The molecule has 0 fully saturated rings. The summed E-state index contributed by atoms with van der Waals surface area (Å²) in [6.45, 7) is 0. The van der Waals surface area contributed by atoms with E-state index in [1.165, 1.54) is 42.3 Å². The third-order valence-corrected chi connectivity index (χ3v) is 5.01. The summed E-state index contributed by atoms with van der Waals surface area (Å²) in [6.07, 6.45) is 0. The van der Waals surface area contributed by atoms with Gasteiger partial charge in [0.25, 0.3) is 10.9 Å². The van der Waals surface area contributed by atoms with Crippen LogP contribution in [0.15, 0.2) is 36.4 Å². The number of hydrogen-bond donors (Lipinski definition) is 1. The number of amides is 2. The maximum absolute atomic E-state index is 12.3. The molecule has 7 nitrogen and oxygen atoms in total. The zero-order valence-electron chi connectivity index (χ0n) is 13.7. The smallest absolute Gasteiger partial charge is 0.292 e. The Kier molecular flexibility index (Phi) is 7.32. The van der Waals surface area contributed by atoms with Crippen LogP contribution in [0.3, 0.4) is 0 Å². The molecule has 0 saturated carbocycles. The minimum atomic E-state index is -0.605. The summed E-state index contributed by atoms with van der Waals surface area (Å²) < 4.78 is 0. The van der Waals surface area contributed by atoms with E-state index in [1.54, 1.807) is 6.07 Å². The van der Waals surface area contributed by atoms with Crippen LogP contribution in [-0.4, -0.2) is 28.9 Å². The van der Waals surface area contributed by atoms with Gasteiger partial charge in [-0.1, -0.05) is 58.7 Å². The van der Waals surface area contributed by atoms with Gasteiger partial charge in [0, 0.05) is 18.1 Å². The van der Waals surface area contributed by atoms with Gasteiger partial charge >= 0.3 is 0 Å². The van der Waals surface area contributed by atoms with E-state index in [0.717, 1.165) is 0 Å². The van der Waals surface area contributed by atoms with E-state index in [0.29, 0.717) is 16.8 Å². The van der Waals surface area contributed by atoms with E-state index in [-0.39, 0.29) is 32.9 Å². The van der Waals surface area contributed by atoms with Crippen molar-refractivity contribution in [3.8, 4) is 0 Å². The summed E-state index contributed by atoms with van der Waals surface area (Å²) in [5.41, 5.74) is 0.0797. The lowest BCUT2D eigenvalue weighted by Gasteiger charge is -2.19. The second-order valence-electron chi connectivity index (χ2n) is 5.15. The molecule has 0 aliphatic rings. The highest BCUT2D eigenvalue weighted by atomic mass is 35.5. The van der Waals surface area contributed by atoms with Crippen LogP contribution >= 0.6 is 46.6 Å². The van der Waals surface area contributed by atoms with Crippen molar-refractivity contribution in [2.75, 3.05) is 23.0 Å². The zero-order valence-corrected chi connectivity index (χ0v) is 16.8. The van der Waals surface area contributed by atoms with Crippen molar-refractivity contribution in [2.45, 2.75) is 0 Å². The maximum atomic E-state index is 12.3. The van der Waals surface area contributed by atoms with Crippen molar-refractivity contribution < 1.29 is 14.5 Å². The molecule has 1 N–H and O–H groups in total. The van der Waals surface area contributed by atoms with Crippen LogP contribution in [0.5, 0.6) is 0 Å². The molecule has 0 saturated heterocycles. The van der Waals surface area contributed by atoms with Gasteiger partial charge in [-0.25, -0.2) is 0 Å². The monoisotopic (exact) mass is 447 g/mol. The van der Waals surface area contributed by atoms with E-state index < -0.39 is 16.1 Å². The first-order valence-electron chi connectivity index (χ1n) is 7.29. The fourth-order valence-corrected chi connectivity index (χ4v) is 3.78. The summed E-state index contributed by atoms with van der Waals surface area (Å²) in [5, 5.41) is 13.6. The fraction of sp³-hybridized carbons (Fsp3) is 0.125. The fourth-order valence-electron chi connectivity index (χ4n) is 2.10. The second-order valence-corrected chi connectivity index (χ2v) is 7.33. The molecule has 0 aromatic heterocycles. The molecule has 0 spiro atoms. The Labute approximate surface area is 173 Å². The molecule has 27 heavy (non-hydrogen) atoms. The molecule has 0 aliphatic heterocycles. The summed E-state index contributed by atoms with van der Waals surface area (Å²) in [7, 11) is 1.45. The standard InChI is InChI=1S/C16H12Cl3N3O4S/c1-21(15-10(18)6-9(17)7-11(15)19)16(24)27-8-14(23)20-12-4-2-3-5-13(12)22(25)26/h2-7H,8H2,1H3,(H,20,23). The highest BCUT2D eigenvalue weighted by molar-refractivity contribution is 8.14. The van der Waals surface area contributed by atoms with E-state index in [4.69, 9.17) is 34.8 Å². The van der Waals surface area contributed by atoms with Gasteiger partial charge in [-0.3, -0.25) is 19.7 Å². The SMILES string of the molecule is CN(C(=O)SCC(=O)Nc1ccccc1[N+](=O)[O-])c1c(Cl)cc(Cl)cc1Cl. The molecular weight excluding hydrogens is 437 g/mol. The van der Waals surface area contributed by atoms with Crippen LogP contribution in [-0.2, 0) is 4.79 Å². The number of anilines is 2. The van der Waals surface area contributed by atoms with Gasteiger partial charge in [0.1, 0.15) is 5.69 Å². The summed E-state index contributed by atoms with van der Waals surface area (Å²) in [6, 6.07) is 8.61. The average Bonchev–Trinajstić information content (AvgIpc) is 2.58. The number of carbonyl (C=O) groups excluding carboxylic acids is 2. The first-order valence-corrected chi connectivity index (χ1v) is 9.41. The van der Waals surface area contributed by atoms with Crippen LogP contribution in [0.1, 0.15) is 0 Å². The summed E-state index contributed by atoms with van der Waals surface area (Å²) in [4.78, 5) is 35.9. The van der Waals surface area contributed by atoms with E-state index in [2.05, 4.69) is 5.32 Å². The lowest BCUT2D eigenvalue weighted by molar-refractivity contribution is -0.383. The van der Waals surface area contributed by atoms with Gasteiger partial charge in [-0.15, -0.1) is 0 Å². The Morgan fingerprint density at radius 2 is 1.78 bits per heavy atom. The molecule has 0 aliphatic carbocycles. The van der Waals surface area contributed by atoms with Crippen LogP contribution in [0.2, 0.25) is 15.1 Å². The summed E-state index contributed by atoms with van der Waals surface area (Å²) in [5.74, 6) is -0.817. The van der Waals surface area contributed by atoms with E-state index in [1.807, 2.05) is 0 Å². The number of nitrogens with one attached hydrogen (secondary N) is 1. The largest absolute Gasteiger partial charge is 0.320 e. The first-order chi connectivity index (χ1) is 12.7. The highest BCUT2D eigenvalue weighted by Crippen LogP contribution is 2.37. The highest BCUT2D eigenvalue weighted by Gasteiger charge is 2.20. The number of hydrogen-bond acceptors (Lipinski definition) is 5. The van der Waals surface area contributed by atoms with Crippen molar-refractivity contribution >= 4 is 74.8 Å². The predicted octanol–water partition coefficient (Wildman–Crippen LogP) is 5.48. The Balaban J connectivity index is 2.01. The molecule has 0 unspecified atom stereocenters. The van der Waals surface area contributed by atoms with Gasteiger partial charge in [0.05, 0.1) is 26.4 Å². The number of benzene rings is 2.